The number of anilines is 1. The number of nitrogens with zero attached hydrogens (tertiary/aromatic N) is 2. The Morgan fingerprint density at radius 1 is 1.22 bits per heavy atom. The number of carbonyl (C=O) groups excluding carboxylic acids is 1. The van der Waals surface area contributed by atoms with Gasteiger partial charge in [-0.05, 0) is 37.6 Å². The third-order valence-electron chi connectivity index (χ3n) is 3.73. The lowest BCUT2D eigenvalue weighted by molar-refractivity contribution is 0.194. The fraction of sp³-hybridized carbons (Fsp3) is 0.562. The molecule has 1 aromatic rings. The van der Waals surface area contributed by atoms with E-state index in [1.165, 1.54) is 0 Å². The summed E-state index contributed by atoms with van der Waals surface area (Å²) < 4.78 is 5.46. The minimum atomic E-state index is -0.146. The zero-order chi connectivity index (χ0) is 16.5. The van der Waals surface area contributed by atoms with Gasteiger partial charge in [0.05, 0.1) is 13.2 Å². The van der Waals surface area contributed by atoms with Crippen LogP contribution in [-0.4, -0.2) is 62.0 Å². The molecule has 2 amide bonds. The van der Waals surface area contributed by atoms with Crippen LogP contribution in [0, 0.1) is 0 Å². The van der Waals surface area contributed by atoms with Crippen molar-refractivity contribution in [1.82, 2.24) is 15.8 Å². The smallest absolute Gasteiger partial charge is 0.331 e. The van der Waals surface area contributed by atoms with Crippen LogP contribution in [0.5, 0.6) is 5.75 Å². The van der Waals surface area contributed by atoms with E-state index in [1.807, 2.05) is 19.1 Å². The summed E-state index contributed by atoms with van der Waals surface area (Å²) in [6, 6.07) is 7.93. The number of nitrogens with one attached hydrogen (secondary N) is 2. The van der Waals surface area contributed by atoms with E-state index in [1.54, 1.807) is 4.90 Å². The van der Waals surface area contributed by atoms with Crippen molar-refractivity contribution in [3.63, 3.8) is 0 Å². The lowest BCUT2D eigenvalue weighted by Gasteiger charge is -2.24. The van der Waals surface area contributed by atoms with Gasteiger partial charge in [-0.25, -0.2) is 10.2 Å². The average molecular weight is 322 g/mol. The molecule has 0 atom stereocenters. The number of aliphatic hydroxyl groups excluding tert-OH is 1. The first-order valence-corrected chi connectivity index (χ1v) is 8.11. The Labute approximate surface area is 137 Å². The molecule has 0 unspecified atom stereocenters. The Kier molecular flexibility index (Phi) is 6.96. The molecule has 23 heavy (non-hydrogen) atoms. The van der Waals surface area contributed by atoms with Gasteiger partial charge in [-0.3, -0.25) is 5.43 Å². The van der Waals surface area contributed by atoms with Crippen LogP contribution in [0.15, 0.2) is 24.3 Å². The van der Waals surface area contributed by atoms with E-state index >= 15 is 0 Å². The van der Waals surface area contributed by atoms with Gasteiger partial charge in [0.2, 0.25) is 0 Å². The van der Waals surface area contributed by atoms with Gasteiger partial charge in [0, 0.05) is 38.4 Å². The maximum Gasteiger partial charge on any atom is 0.331 e. The number of amides is 2. The van der Waals surface area contributed by atoms with Crippen molar-refractivity contribution in [2.75, 3.05) is 50.8 Å². The fourth-order valence-corrected chi connectivity index (χ4v) is 2.57. The predicted molar refractivity (Wildman–Crippen MR) is 89.6 cm³/mol. The van der Waals surface area contributed by atoms with Gasteiger partial charge in [0.15, 0.2) is 0 Å². The van der Waals surface area contributed by atoms with Crippen LogP contribution < -0.4 is 20.5 Å². The molecule has 1 saturated heterocycles. The zero-order valence-corrected chi connectivity index (χ0v) is 13.6. The largest absolute Gasteiger partial charge is 0.494 e. The first kappa shape index (κ1) is 17.4. The highest BCUT2D eigenvalue weighted by atomic mass is 16.5. The second-order valence-corrected chi connectivity index (χ2v) is 5.34. The minimum absolute atomic E-state index is 0.00814. The lowest BCUT2D eigenvalue weighted by atomic mass is 10.2. The Bertz CT molecular complexity index is 481. The standard InChI is InChI=1S/C16H26N4O3/c1-2-23-15-6-4-14(5-7-15)19-9-3-10-20(12-11-19)16(22)18-17-8-13-21/h4-7,17,21H,2-3,8-13H2,1H3,(H,18,22). The molecule has 0 spiro atoms. The summed E-state index contributed by atoms with van der Waals surface area (Å²) in [5, 5.41) is 8.71. The van der Waals surface area contributed by atoms with Crippen LogP contribution in [0.4, 0.5) is 10.5 Å². The van der Waals surface area contributed by atoms with E-state index in [-0.39, 0.29) is 12.6 Å². The molecule has 0 radical (unpaired) electrons. The van der Waals surface area contributed by atoms with Gasteiger partial charge in [0.1, 0.15) is 5.75 Å². The summed E-state index contributed by atoms with van der Waals surface area (Å²) in [6.45, 7) is 6.07. The van der Waals surface area contributed by atoms with Gasteiger partial charge in [0.25, 0.3) is 0 Å². The van der Waals surface area contributed by atoms with E-state index < -0.39 is 0 Å². The highest BCUT2D eigenvalue weighted by molar-refractivity contribution is 5.73. The Morgan fingerprint density at radius 3 is 2.70 bits per heavy atom. The van der Waals surface area contributed by atoms with E-state index in [4.69, 9.17) is 9.84 Å². The van der Waals surface area contributed by atoms with Crippen molar-refractivity contribution in [3.8, 4) is 5.75 Å². The summed E-state index contributed by atoms with van der Waals surface area (Å²) in [4.78, 5) is 16.1. The molecule has 1 fully saturated rings. The van der Waals surface area contributed by atoms with Gasteiger partial charge < -0.3 is 19.6 Å². The minimum Gasteiger partial charge on any atom is -0.494 e. The molecular formula is C16H26N4O3. The first-order chi connectivity index (χ1) is 11.2. The highest BCUT2D eigenvalue weighted by Gasteiger charge is 2.19. The number of hydrogen-bond donors (Lipinski definition) is 3. The molecule has 7 nitrogen and oxygen atoms in total. The van der Waals surface area contributed by atoms with Crippen molar-refractivity contribution < 1.29 is 14.6 Å². The third-order valence-corrected chi connectivity index (χ3v) is 3.73. The average Bonchev–Trinajstić information content (AvgIpc) is 2.82. The zero-order valence-electron chi connectivity index (χ0n) is 13.6. The van der Waals surface area contributed by atoms with E-state index in [2.05, 4.69) is 27.9 Å². The summed E-state index contributed by atoms with van der Waals surface area (Å²) in [5.41, 5.74) is 6.44. The number of carbonyl (C=O) groups is 1. The molecule has 2 rings (SSSR count). The number of ether oxygens (including phenoxy) is 1. The van der Waals surface area contributed by atoms with Crippen LogP contribution in [0.25, 0.3) is 0 Å². The first-order valence-electron chi connectivity index (χ1n) is 8.11. The molecule has 0 aromatic heterocycles. The SMILES string of the molecule is CCOc1ccc(N2CCCN(C(=O)NNCCO)CC2)cc1. The number of hydrazine groups is 1. The van der Waals surface area contributed by atoms with Crippen LogP contribution in [0.3, 0.4) is 0 Å². The maximum absolute atomic E-state index is 12.0. The monoisotopic (exact) mass is 322 g/mol. The fourth-order valence-electron chi connectivity index (χ4n) is 2.57. The van der Waals surface area contributed by atoms with Crippen LogP contribution in [0.2, 0.25) is 0 Å². The molecule has 0 aliphatic carbocycles. The molecule has 0 bridgehead atoms. The molecule has 1 aliphatic heterocycles. The molecule has 7 heteroatoms. The van der Waals surface area contributed by atoms with Crippen LogP contribution in [0.1, 0.15) is 13.3 Å². The van der Waals surface area contributed by atoms with Gasteiger partial charge in [-0.15, -0.1) is 0 Å². The number of benzene rings is 1. The van der Waals surface area contributed by atoms with E-state index in [0.29, 0.717) is 19.7 Å². The summed E-state index contributed by atoms with van der Waals surface area (Å²) in [5.74, 6) is 0.877. The summed E-state index contributed by atoms with van der Waals surface area (Å²) in [6.07, 6.45) is 0.917. The number of aliphatic hydroxyl groups is 1. The Balaban J connectivity index is 1.86. The van der Waals surface area contributed by atoms with E-state index in [0.717, 1.165) is 37.5 Å². The van der Waals surface area contributed by atoms with Crippen LogP contribution in [-0.2, 0) is 0 Å². The normalized spacial score (nSPS) is 15.2. The topological polar surface area (TPSA) is 77.1 Å². The third kappa shape index (κ3) is 5.30. The Hall–Kier alpha value is -1.99. The lowest BCUT2D eigenvalue weighted by Crippen LogP contribution is -2.48. The molecule has 1 aromatic carbocycles. The number of hydrogen-bond acceptors (Lipinski definition) is 5. The number of urea groups is 1. The molecular weight excluding hydrogens is 296 g/mol. The molecule has 3 N–H and O–H groups in total. The van der Waals surface area contributed by atoms with Crippen molar-refractivity contribution in [1.29, 1.82) is 0 Å². The van der Waals surface area contributed by atoms with E-state index in [9.17, 15) is 4.79 Å². The van der Waals surface area contributed by atoms with Crippen molar-refractivity contribution >= 4 is 11.7 Å². The molecule has 128 valence electrons. The molecule has 1 aliphatic rings. The quantitative estimate of drug-likeness (QED) is 0.533. The van der Waals surface area contributed by atoms with Crippen molar-refractivity contribution in [2.24, 2.45) is 0 Å². The molecule has 0 saturated carbocycles. The summed E-state index contributed by atoms with van der Waals surface area (Å²) in [7, 11) is 0. The molecule has 1 heterocycles. The van der Waals surface area contributed by atoms with Gasteiger partial charge in [-0.2, -0.15) is 0 Å². The Morgan fingerprint density at radius 2 is 2.00 bits per heavy atom. The van der Waals surface area contributed by atoms with Crippen molar-refractivity contribution in [2.45, 2.75) is 13.3 Å². The second kappa shape index (κ2) is 9.22. The number of rotatable bonds is 6. The van der Waals surface area contributed by atoms with Gasteiger partial charge in [-0.1, -0.05) is 0 Å². The van der Waals surface area contributed by atoms with Crippen molar-refractivity contribution in [3.05, 3.63) is 24.3 Å². The highest BCUT2D eigenvalue weighted by Crippen LogP contribution is 2.20. The van der Waals surface area contributed by atoms with Gasteiger partial charge >= 0.3 is 6.03 Å². The maximum atomic E-state index is 12.0. The van der Waals surface area contributed by atoms with Crippen LogP contribution >= 0.6 is 0 Å². The summed E-state index contributed by atoms with van der Waals surface area (Å²) >= 11 is 0. The predicted octanol–water partition coefficient (Wildman–Crippen LogP) is 0.804. The second-order valence-electron chi connectivity index (χ2n) is 5.34.